The summed E-state index contributed by atoms with van der Waals surface area (Å²) < 4.78 is 25.1. The van der Waals surface area contributed by atoms with Gasteiger partial charge in [0.15, 0.2) is 11.5 Å². The molecule has 3 atom stereocenters. The predicted molar refractivity (Wildman–Crippen MR) is 101 cm³/mol. The molecular formula is C22H24FNO3. The lowest BCUT2D eigenvalue weighted by atomic mass is 9.94. The number of nitrogens with zero attached hydrogens (tertiary/aromatic N) is 1. The van der Waals surface area contributed by atoms with Crippen molar-refractivity contribution in [3.8, 4) is 11.5 Å². The van der Waals surface area contributed by atoms with E-state index in [-0.39, 0.29) is 23.7 Å². The van der Waals surface area contributed by atoms with Crippen LogP contribution in [-0.4, -0.2) is 36.1 Å². The lowest BCUT2D eigenvalue weighted by Gasteiger charge is -2.35. The van der Waals surface area contributed by atoms with Gasteiger partial charge in [0.05, 0.1) is 0 Å². The molecule has 2 aliphatic heterocycles. The summed E-state index contributed by atoms with van der Waals surface area (Å²) in [6.45, 7) is 3.21. The molecule has 4 rings (SSSR count). The molecular weight excluding hydrogens is 345 g/mol. The van der Waals surface area contributed by atoms with Crippen molar-refractivity contribution in [2.45, 2.75) is 44.3 Å². The van der Waals surface area contributed by atoms with E-state index in [2.05, 4.69) is 0 Å². The molecule has 0 radical (unpaired) electrons. The van der Waals surface area contributed by atoms with Crippen LogP contribution in [0.5, 0.6) is 11.5 Å². The smallest absolute Gasteiger partial charge is 0.267 e. The molecule has 0 saturated carbocycles. The number of halogens is 1. The molecule has 1 fully saturated rings. The van der Waals surface area contributed by atoms with Crippen molar-refractivity contribution in [1.82, 2.24) is 4.90 Å². The van der Waals surface area contributed by atoms with Crippen molar-refractivity contribution in [3.63, 3.8) is 0 Å². The minimum atomic E-state index is -0.646. The van der Waals surface area contributed by atoms with Gasteiger partial charge in [-0.25, -0.2) is 4.39 Å². The van der Waals surface area contributed by atoms with Crippen LogP contribution in [0.15, 0.2) is 48.5 Å². The predicted octanol–water partition coefficient (Wildman–Crippen LogP) is 4.15. The van der Waals surface area contributed by atoms with E-state index in [0.29, 0.717) is 24.6 Å². The Hall–Kier alpha value is -2.56. The van der Waals surface area contributed by atoms with Crippen molar-refractivity contribution >= 4 is 5.91 Å². The van der Waals surface area contributed by atoms with Gasteiger partial charge in [0.1, 0.15) is 11.9 Å². The zero-order valence-corrected chi connectivity index (χ0v) is 15.4. The SMILES string of the molecule is CC1Oc2ccccc2OC1C(=O)N1CCCCC(c2ccc(F)cc2)C1. The molecule has 2 aromatic rings. The van der Waals surface area contributed by atoms with Gasteiger partial charge in [-0.2, -0.15) is 0 Å². The molecule has 0 bridgehead atoms. The number of hydrogen-bond acceptors (Lipinski definition) is 3. The van der Waals surface area contributed by atoms with Gasteiger partial charge in [-0.3, -0.25) is 4.79 Å². The third kappa shape index (κ3) is 3.77. The van der Waals surface area contributed by atoms with Crippen LogP contribution in [0.2, 0.25) is 0 Å². The minimum Gasteiger partial charge on any atom is -0.482 e. The highest BCUT2D eigenvalue weighted by molar-refractivity contribution is 5.82. The Morgan fingerprint density at radius 1 is 1.04 bits per heavy atom. The maximum Gasteiger partial charge on any atom is 0.267 e. The molecule has 4 nitrogen and oxygen atoms in total. The van der Waals surface area contributed by atoms with Crippen molar-refractivity contribution in [2.24, 2.45) is 0 Å². The number of benzene rings is 2. The first-order valence-electron chi connectivity index (χ1n) is 9.58. The largest absolute Gasteiger partial charge is 0.482 e. The molecule has 3 unspecified atom stereocenters. The topological polar surface area (TPSA) is 38.8 Å². The fraction of sp³-hybridized carbons (Fsp3) is 0.409. The van der Waals surface area contributed by atoms with E-state index in [1.165, 1.54) is 12.1 Å². The summed E-state index contributed by atoms with van der Waals surface area (Å²) in [6.07, 6.45) is 2.01. The van der Waals surface area contributed by atoms with E-state index in [1.807, 2.05) is 48.2 Å². The van der Waals surface area contributed by atoms with Crippen molar-refractivity contribution in [3.05, 3.63) is 59.9 Å². The first-order valence-corrected chi connectivity index (χ1v) is 9.58. The number of fused-ring (bicyclic) bond motifs is 1. The van der Waals surface area contributed by atoms with E-state index in [0.717, 1.165) is 24.8 Å². The molecule has 2 aromatic carbocycles. The molecule has 5 heteroatoms. The first-order chi connectivity index (χ1) is 13.1. The van der Waals surface area contributed by atoms with Crippen LogP contribution in [0, 0.1) is 5.82 Å². The van der Waals surface area contributed by atoms with E-state index in [1.54, 1.807) is 0 Å². The molecule has 2 aliphatic rings. The number of para-hydroxylation sites is 2. The fourth-order valence-electron chi connectivity index (χ4n) is 3.92. The van der Waals surface area contributed by atoms with Gasteiger partial charge in [-0.15, -0.1) is 0 Å². The maximum atomic E-state index is 13.3. The molecule has 0 spiro atoms. The summed E-state index contributed by atoms with van der Waals surface area (Å²) in [6, 6.07) is 14.1. The van der Waals surface area contributed by atoms with E-state index >= 15 is 0 Å². The second-order valence-corrected chi connectivity index (χ2v) is 7.34. The Balaban J connectivity index is 1.51. The molecule has 0 aromatic heterocycles. The lowest BCUT2D eigenvalue weighted by molar-refractivity contribution is -0.144. The summed E-state index contributed by atoms with van der Waals surface area (Å²) in [7, 11) is 0. The quantitative estimate of drug-likeness (QED) is 0.798. The molecule has 1 saturated heterocycles. The number of ether oxygens (including phenoxy) is 2. The maximum absolute atomic E-state index is 13.3. The number of likely N-dealkylation sites (tertiary alicyclic amines) is 1. The van der Waals surface area contributed by atoms with E-state index in [9.17, 15) is 9.18 Å². The molecule has 1 amide bonds. The van der Waals surface area contributed by atoms with Gasteiger partial charge in [0.2, 0.25) is 6.10 Å². The van der Waals surface area contributed by atoms with Crippen LogP contribution >= 0.6 is 0 Å². The van der Waals surface area contributed by atoms with E-state index in [4.69, 9.17) is 9.47 Å². The average molecular weight is 369 g/mol. The van der Waals surface area contributed by atoms with Crippen LogP contribution in [0.1, 0.15) is 37.7 Å². The Morgan fingerprint density at radius 3 is 2.48 bits per heavy atom. The van der Waals surface area contributed by atoms with Gasteiger partial charge >= 0.3 is 0 Å². The van der Waals surface area contributed by atoms with Crippen LogP contribution in [0.25, 0.3) is 0 Å². The molecule has 0 aliphatic carbocycles. The van der Waals surface area contributed by atoms with E-state index < -0.39 is 6.10 Å². The van der Waals surface area contributed by atoms with Gasteiger partial charge in [-0.1, -0.05) is 30.7 Å². The highest BCUT2D eigenvalue weighted by atomic mass is 19.1. The van der Waals surface area contributed by atoms with Gasteiger partial charge < -0.3 is 14.4 Å². The second kappa shape index (κ2) is 7.59. The van der Waals surface area contributed by atoms with Gasteiger partial charge in [0.25, 0.3) is 5.91 Å². The molecule has 2 heterocycles. The highest BCUT2D eigenvalue weighted by Gasteiger charge is 2.37. The zero-order valence-electron chi connectivity index (χ0n) is 15.4. The zero-order chi connectivity index (χ0) is 18.8. The monoisotopic (exact) mass is 369 g/mol. The van der Waals surface area contributed by atoms with Crippen LogP contribution in [0.4, 0.5) is 4.39 Å². The lowest BCUT2D eigenvalue weighted by Crippen LogP contribution is -2.51. The van der Waals surface area contributed by atoms with Crippen LogP contribution in [0.3, 0.4) is 0 Å². The number of hydrogen-bond donors (Lipinski definition) is 0. The third-order valence-corrected chi connectivity index (χ3v) is 5.41. The Labute approximate surface area is 158 Å². The van der Waals surface area contributed by atoms with Crippen molar-refractivity contribution < 1.29 is 18.7 Å². The van der Waals surface area contributed by atoms with Crippen molar-refractivity contribution in [2.75, 3.05) is 13.1 Å². The Morgan fingerprint density at radius 2 is 1.74 bits per heavy atom. The average Bonchev–Trinajstić information content (AvgIpc) is 2.94. The summed E-state index contributed by atoms with van der Waals surface area (Å²) in [5.74, 6) is 1.23. The summed E-state index contributed by atoms with van der Waals surface area (Å²) in [4.78, 5) is 15.1. The van der Waals surface area contributed by atoms with Gasteiger partial charge in [0, 0.05) is 19.0 Å². The fourth-order valence-corrected chi connectivity index (χ4v) is 3.92. The van der Waals surface area contributed by atoms with Gasteiger partial charge in [-0.05, 0) is 49.6 Å². The Bertz CT molecular complexity index is 807. The first kappa shape index (κ1) is 17.8. The number of rotatable bonds is 2. The highest BCUT2D eigenvalue weighted by Crippen LogP contribution is 2.34. The standard InChI is InChI=1S/C22H24FNO3/c1-15-21(27-20-8-3-2-7-19(20)26-15)22(25)24-13-5-4-6-17(14-24)16-9-11-18(23)12-10-16/h2-3,7-12,15,17,21H,4-6,13-14H2,1H3. The third-order valence-electron chi connectivity index (χ3n) is 5.41. The van der Waals surface area contributed by atoms with Crippen LogP contribution in [-0.2, 0) is 4.79 Å². The minimum absolute atomic E-state index is 0.0361. The molecule has 142 valence electrons. The summed E-state index contributed by atoms with van der Waals surface area (Å²) in [5.41, 5.74) is 1.08. The number of amides is 1. The molecule has 27 heavy (non-hydrogen) atoms. The normalized spacial score (nSPS) is 25.0. The summed E-state index contributed by atoms with van der Waals surface area (Å²) >= 11 is 0. The second-order valence-electron chi connectivity index (χ2n) is 7.34. The molecule has 0 N–H and O–H groups in total. The van der Waals surface area contributed by atoms with Crippen molar-refractivity contribution in [1.29, 1.82) is 0 Å². The summed E-state index contributed by atoms with van der Waals surface area (Å²) in [5, 5.41) is 0. The van der Waals surface area contributed by atoms with Crippen LogP contribution < -0.4 is 9.47 Å². The number of carbonyl (C=O) groups is 1. The Kier molecular flexibility index (Phi) is 5.01. The number of carbonyl (C=O) groups excluding carboxylic acids is 1.